The van der Waals surface area contributed by atoms with Gasteiger partial charge in [0.1, 0.15) is 5.69 Å². The van der Waals surface area contributed by atoms with Crippen LogP contribution in [0, 0.1) is 5.92 Å². The van der Waals surface area contributed by atoms with Crippen LogP contribution in [-0.4, -0.2) is 28.5 Å². The van der Waals surface area contributed by atoms with E-state index in [4.69, 9.17) is 5.11 Å². The lowest BCUT2D eigenvalue weighted by atomic mass is 10.1. The fourth-order valence-corrected chi connectivity index (χ4v) is 2.22. The van der Waals surface area contributed by atoms with Crippen LogP contribution >= 0.6 is 11.3 Å². The zero-order valence-electron chi connectivity index (χ0n) is 9.90. The van der Waals surface area contributed by atoms with E-state index in [-0.39, 0.29) is 18.9 Å². The summed E-state index contributed by atoms with van der Waals surface area (Å²) in [5.74, 6) is -0.731. The highest BCUT2D eigenvalue weighted by atomic mass is 32.1. The van der Waals surface area contributed by atoms with Crippen LogP contribution in [0.4, 0.5) is 0 Å². The van der Waals surface area contributed by atoms with Gasteiger partial charge in [-0.25, -0.2) is 4.98 Å². The SMILES string of the molecule is CC(C)Cc1nc(C(=O)NCCC(=O)O)cs1. The molecular formula is C11H16N2O3S. The summed E-state index contributed by atoms with van der Waals surface area (Å²) >= 11 is 1.46. The summed E-state index contributed by atoms with van der Waals surface area (Å²) in [6.07, 6.45) is 0.780. The normalized spacial score (nSPS) is 10.5. The number of hydrogen-bond acceptors (Lipinski definition) is 4. The van der Waals surface area contributed by atoms with E-state index in [1.165, 1.54) is 11.3 Å². The molecule has 5 nitrogen and oxygen atoms in total. The first-order valence-corrected chi connectivity index (χ1v) is 6.31. The molecule has 1 aromatic rings. The van der Waals surface area contributed by atoms with Crippen molar-refractivity contribution < 1.29 is 14.7 Å². The summed E-state index contributed by atoms with van der Waals surface area (Å²) in [5.41, 5.74) is 0.371. The molecule has 1 rings (SSSR count). The average Bonchev–Trinajstić information content (AvgIpc) is 2.64. The first kappa shape index (κ1) is 13.6. The van der Waals surface area contributed by atoms with Gasteiger partial charge in [0.2, 0.25) is 0 Å². The van der Waals surface area contributed by atoms with Gasteiger partial charge in [0.15, 0.2) is 0 Å². The van der Waals surface area contributed by atoms with Crippen molar-refractivity contribution in [1.29, 1.82) is 0 Å². The predicted octanol–water partition coefficient (Wildman–Crippen LogP) is 1.55. The number of amides is 1. The average molecular weight is 256 g/mol. The van der Waals surface area contributed by atoms with Gasteiger partial charge in [-0.3, -0.25) is 9.59 Å². The van der Waals surface area contributed by atoms with E-state index >= 15 is 0 Å². The molecule has 0 aliphatic rings. The number of thiazole rings is 1. The number of rotatable bonds is 6. The quantitative estimate of drug-likeness (QED) is 0.809. The first-order valence-electron chi connectivity index (χ1n) is 5.43. The Morgan fingerprint density at radius 1 is 1.53 bits per heavy atom. The molecule has 0 saturated heterocycles. The second-order valence-corrected chi connectivity index (χ2v) is 5.07. The maximum Gasteiger partial charge on any atom is 0.305 e. The third kappa shape index (κ3) is 4.95. The number of carboxylic acids is 1. The lowest BCUT2D eigenvalue weighted by Crippen LogP contribution is -2.26. The van der Waals surface area contributed by atoms with Crippen LogP contribution in [0.2, 0.25) is 0 Å². The van der Waals surface area contributed by atoms with Crippen molar-refractivity contribution in [3.63, 3.8) is 0 Å². The molecule has 1 amide bonds. The molecule has 0 unspecified atom stereocenters. The number of aliphatic carboxylic acids is 1. The van der Waals surface area contributed by atoms with Gasteiger partial charge in [-0.15, -0.1) is 11.3 Å². The summed E-state index contributed by atoms with van der Waals surface area (Å²) < 4.78 is 0. The lowest BCUT2D eigenvalue weighted by Gasteiger charge is -2.00. The molecule has 0 atom stereocenters. The lowest BCUT2D eigenvalue weighted by molar-refractivity contribution is -0.136. The molecule has 1 aromatic heterocycles. The van der Waals surface area contributed by atoms with Crippen LogP contribution in [0.5, 0.6) is 0 Å². The van der Waals surface area contributed by atoms with Crippen LogP contribution in [-0.2, 0) is 11.2 Å². The van der Waals surface area contributed by atoms with E-state index in [1.807, 2.05) is 0 Å². The highest BCUT2D eigenvalue weighted by molar-refractivity contribution is 7.09. The second kappa shape index (κ2) is 6.34. The van der Waals surface area contributed by atoms with Gasteiger partial charge in [-0.05, 0) is 5.92 Å². The van der Waals surface area contributed by atoms with Crippen LogP contribution < -0.4 is 5.32 Å². The maximum absolute atomic E-state index is 11.6. The van der Waals surface area contributed by atoms with Crippen molar-refractivity contribution >= 4 is 23.2 Å². The Morgan fingerprint density at radius 2 is 2.24 bits per heavy atom. The third-order valence-electron chi connectivity index (χ3n) is 1.99. The van der Waals surface area contributed by atoms with Gasteiger partial charge in [-0.2, -0.15) is 0 Å². The number of aromatic nitrogens is 1. The fourth-order valence-electron chi connectivity index (χ4n) is 1.23. The van der Waals surface area contributed by atoms with E-state index in [0.29, 0.717) is 11.6 Å². The molecule has 0 spiro atoms. The molecule has 0 saturated carbocycles. The highest BCUT2D eigenvalue weighted by Crippen LogP contribution is 2.14. The van der Waals surface area contributed by atoms with E-state index in [2.05, 4.69) is 24.1 Å². The molecule has 0 aliphatic carbocycles. The molecule has 1 heterocycles. The summed E-state index contributed by atoms with van der Waals surface area (Å²) in [6.45, 7) is 4.31. The van der Waals surface area contributed by atoms with Gasteiger partial charge in [0, 0.05) is 18.3 Å². The molecule has 0 aromatic carbocycles. The van der Waals surface area contributed by atoms with Crippen molar-refractivity contribution in [2.24, 2.45) is 5.92 Å². The van der Waals surface area contributed by atoms with E-state index in [9.17, 15) is 9.59 Å². The Kier molecular flexibility index (Phi) is 5.09. The number of hydrogen-bond donors (Lipinski definition) is 2. The van der Waals surface area contributed by atoms with Crippen molar-refractivity contribution in [2.75, 3.05) is 6.54 Å². The van der Waals surface area contributed by atoms with Gasteiger partial charge in [-0.1, -0.05) is 13.8 Å². The molecule has 6 heteroatoms. The number of carbonyl (C=O) groups excluding carboxylic acids is 1. The number of nitrogens with one attached hydrogen (secondary N) is 1. The summed E-state index contributed by atoms with van der Waals surface area (Å²) in [6, 6.07) is 0. The minimum absolute atomic E-state index is 0.0747. The van der Waals surface area contributed by atoms with E-state index < -0.39 is 5.97 Å². The standard InChI is InChI=1S/C11H16N2O3S/c1-7(2)5-9-13-8(6-17-9)11(16)12-4-3-10(14)15/h6-7H,3-5H2,1-2H3,(H,12,16)(H,14,15). The fraction of sp³-hybridized carbons (Fsp3) is 0.545. The van der Waals surface area contributed by atoms with Crippen molar-refractivity contribution in [3.05, 3.63) is 16.1 Å². The van der Waals surface area contributed by atoms with Crippen LogP contribution in [0.15, 0.2) is 5.38 Å². The number of nitrogens with zero attached hydrogens (tertiary/aromatic N) is 1. The molecule has 17 heavy (non-hydrogen) atoms. The molecule has 0 bridgehead atoms. The van der Waals surface area contributed by atoms with Crippen LogP contribution in [0.3, 0.4) is 0 Å². The molecule has 94 valence electrons. The Hall–Kier alpha value is -1.43. The Morgan fingerprint density at radius 3 is 2.82 bits per heavy atom. The number of carbonyl (C=O) groups is 2. The van der Waals surface area contributed by atoms with Gasteiger partial charge >= 0.3 is 5.97 Å². The van der Waals surface area contributed by atoms with Crippen molar-refractivity contribution in [2.45, 2.75) is 26.7 Å². The Balaban J connectivity index is 2.46. The zero-order valence-corrected chi connectivity index (χ0v) is 10.7. The topological polar surface area (TPSA) is 79.3 Å². The molecular weight excluding hydrogens is 240 g/mol. The molecule has 0 aliphatic heterocycles. The highest BCUT2D eigenvalue weighted by Gasteiger charge is 2.11. The Labute approximate surface area is 104 Å². The van der Waals surface area contributed by atoms with Gasteiger partial charge in [0.25, 0.3) is 5.91 Å². The number of carboxylic acid groups (broad SMARTS) is 1. The van der Waals surface area contributed by atoms with Crippen LogP contribution in [0.25, 0.3) is 0 Å². The Bertz CT molecular complexity index is 401. The first-order chi connectivity index (χ1) is 7.99. The monoisotopic (exact) mass is 256 g/mol. The minimum Gasteiger partial charge on any atom is -0.481 e. The molecule has 0 radical (unpaired) electrons. The largest absolute Gasteiger partial charge is 0.481 e. The second-order valence-electron chi connectivity index (χ2n) is 4.12. The summed E-state index contributed by atoms with van der Waals surface area (Å²) in [4.78, 5) is 26.1. The van der Waals surface area contributed by atoms with E-state index in [0.717, 1.165) is 11.4 Å². The van der Waals surface area contributed by atoms with Gasteiger partial charge < -0.3 is 10.4 Å². The maximum atomic E-state index is 11.6. The molecule has 2 N–H and O–H groups in total. The van der Waals surface area contributed by atoms with Crippen molar-refractivity contribution in [1.82, 2.24) is 10.3 Å². The summed E-state index contributed by atoms with van der Waals surface area (Å²) in [5, 5.41) is 13.6. The van der Waals surface area contributed by atoms with E-state index in [1.54, 1.807) is 5.38 Å². The van der Waals surface area contributed by atoms with Crippen molar-refractivity contribution in [3.8, 4) is 0 Å². The third-order valence-corrected chi connectivity index (χ3v) is 2.86. The zero-order chi connectivity index (χ0) is 12.8. The molecule has 0 fully saturated rings. The van der Waals surface area contributed by atoms with Gasteiger partial charge in [0.05, 0.1) is 11.4 Å². The summed E-state index contributed by atoms with van der Waals surface area (Å²) in [7, 11) is 0. The smallest absolute Gasteiger partial charge is 0.305 e. The van der Waals surface area contributed by atoms with Crippen LogP contribution in [0.1, 0.15) is 35.8 Å². The minimum atomic E-state index is -0.927. The predicted molar refractivity (Wildman–Crippen MR) is 65.2 cm³/mol.